The van der Waals surface area contributed by atoms with E-state index in [4.69, 9.17) is 0 Å². The number of nitrogens with one attached hydrogen (secondary N) is 1. The topological polar surface area (TPSA) is 12.0 Å². The van der Waals surface area contributed by atoms with Crippen molar-refractivity contribution in [3.63, 3.8) is 0 Å². The summed E-state index contributed by atoms with van der Waals surface area (Å²) < 4.78 is 0. The van der Waals surface area contributed by atoms with Crippen LogP contribution in [-0.2, 0) is 12.8 Å². The number of anilines is 1. The molecule has 0 spiro atoms. The normalized spacial score (nSPS) is 13.7. The van der Waals surface area contributed by atoms with Gasteiger partial charge >= 0.3 is 0 Å². The maximum Gasteiger partial charge on any atom is 0.0414 e. The Morgan fingerprint density at radius 3 is 2.75 bits per heavy atom. The predicted molar refractivity (Wildman–Crippen MR) is 106 cm³/mol. The maximum absolute atomic E-state index is 4.31. The molecule has 122 valence electrons. The van der Waals surface area contributed by atoms with Gasteiger partial charge in [-0.15, -0.1) is 0 Å². The Hall–Kier alpha value is -2.54. The summed E-state index contributed by atoms with van der Waals surface area (Å²) in [5.41, 5.74) is 9.97. The molecule has 1 heterocycles. The Morgan fingerprint density at radius 2 is 2.00 bits per heavy atom. The monoisotopic (exact) mass is 315 g/mol. The highest BCUT2D eigenvalue weighted by atomic mass is 14.9. The van der Waals surface area contributed by atoms with E-state index in [1.165, 1.54) is 39.1 Å². The predicted octanol–water partition coefficient (Wildman–Crippen LogP) is 6.16. The highest BCUT2D eigenvalue weighted by Gasteiger charge is 2.12. The molecule has 1 aliphatic rings. The lowest BCUT2D eigenvalue weighted by Gasteiger charge is -2.21. The Morgan fingerprint density at radius 1 is 1.17 bits per heavy atom. The van der Waals surface area contributed by atoms with Gasteiger partial charge in [0.05, 0.1) is 0 Å². The van der Waals surface area contributed by atoms with Crippen molar-refractivity contribution in [1.29, 1.82) is 0 Å². The number of aryl methyl sites for hydroxylation is 2. The minimum absolute atomic E-state index is 0.886. The lowest BCUT2D eigenvalue weighted by Crippen LogP contribution is -2.09. The van der Waals surface area contributed by atoms with Gasteiger partial charge in [-0.1, -0.05) is 55.6 Å². The number of benzene rings is 2. The second-order valence-corrected chi connectivity index (χ2v) is 6.57. The van der Waals surface area contributed by atoms with Crippen molar-refractivity contribution in [3.05, 3.63) is 89.1 Å². The van der Waals surface area contributed by atoms with Crippen LogP contribution in [0.4, 0.5) is 5.69 Å². The molecule has 0 fully saturated rings. The van der Waals surface area contributed by atoms with Crippen LogP contribution in [0, 0.1) is 6.92 Å². The van der Waals surface area contributed by atoms with E-state index in [9.17, 15) is 0 Å². The van der Waals surface area contributed by atoms with Gasteiger partial charge in [0.15, 0.2) is 0 Å². The molecular formula is C23H25N. The van der Waals surface area contributed by atoms with Crippen molar-refractivity contribution in [3.8, 4) is 0 Å². The molecule has 0 amide bonds. The SMILES string of the molecule is C=C1CCc2cc(CC(=C)c3ccc(/C=C\C)c(C)c3)ccc2N1. The molecule has 1 nitrogen and oxygen atoms in total. The third-order valence-corrected chi connectivity index (χ3v) is 4.62. The molecule has 1 heteroatoms. The summed E-state index contributed by atoms with van der Waals surface area (Å²) in [6.07, 6.45) is 7.19. The smallest absolute Gasteiger partial charge is 0.0414 e. The minimum Gasteiger partial charge on any atom is -0.359 e. The lowest BCUT2D eigenvalue weighted by molar-refractivity contribution is 0.915. The summed E-state index contributed by atoms with van der Waals surface area (Å²) in [7, 11) is 0. The molecule has 3 rings (SSSR count). The van der Waals surface area contributed by atoms with Crippen molar-refractivity contribution in [2.24, 2.45) is 0 Å². The molecule has 0 bridgehead atoms. The first kappa shape index (κ1) is 16.3. The van der Waals surface area contributed by atoms with E-state index in [0.29, 0.717) is 0 Å². The second-order valence-electron chi connectivity index (χ2n) is 6.57. The van der Waals surface area contributed by atoms with E-state index in [1.54, 1.807) is 0 Å². The van der Waals surface area contributed by atoms with Gasteiger partial charge in [-0.25, -0.2) is 0 Å². The van der Waals surface area contributed by atoms with Crippen molar-refractivity contribution in [1.82, 2.24) is 0 Å². The molecule has 2 aromatic carbocycles. The fourth-order valence-electron chi connectivity index (χ4n) is 3.23. The van der Waals surface area contributed by atoms with Gasteiger partial charge in [0.25, 0.3) is 0 Å². The summed E-state index contributed by atoms with van der Waals surface area (Å²) in [6, 6.07) is 13.3. The molecule has 0 unspecified atom stereocenters. The summed E-state index contributed by atoms with van der Waals surface area (Å²) in [6.45, 7) is 12.5. The van der Waals surface area contributed by atoms with Crippen molar-refractivity contribution in [2.45, 2.75) is 33.1 Å². The van der Waals surface area contributed by atoms with E-state index in [2.05, 4.69) is 73.9 Å². The molecule has 0 radical (unpaired) electrons. The van der Waals surface area contributed by atoms with E-state index in [0.717, 1.165) is 25.0 Å². The Kier molecular flexibility index (Phi) is 4.71. The van der Waals surface area contributed by atoms with Crippen molar-refractivity contribution < 1.29 is 0 Å². The minimum atomic E-state index is 0.886. The van der Waals surface area contributed by atoms with E-state index >= 15 is 0 Å². The number of hydrogen-bond donors (Lipinski definition) is 1. The maximum atomic E-state index is 4.31. The van der Waals surface area contributed by atoms with Gasteiger partial charge in [-0.05, 0) is 72.6 Å². The first-order valence-electron chi connectivity index (χ1n) is 8.55. The van der Waals surface area contributed by atoms with Gasteiger partial charge in [-0.2, -0.15) is 0 Å². The largest absolute Gasteiger partial charge is 0.359 e. The van der Waals surface area contributed by atoms with Crippen molar-refractivity contribution in [2.75, 3.05) is 5.32 Å². The number of allylic oxidation sites excluding steroid dienone is 3. The van der Waals surface area contributed by atoms with Crippen LogP contribution < -0.4 is 5.32 Å². The third kappa shape index (κ3) is 3.51. The van der Waals surface area contributed by atoms with Crippen LogP contribution in [0.2, 0.25) is 0 Å². The summed E-state index contributed by atoms with van der Waals surface area (Å²) in [4.78, 5) is 0. The molecule has 1 N–H and O–H groups in total. The van der Waals surface area contributed by atoms with Crippen LogP contribution in [0.25, 0.3) is 11.6 Å². The van der Waals surface area contributed by atoms with Gasteiger partial charge in [-0.3, -0.25) is 0 Å². The Bertz CT molecular complexity index is 824. The first-order valence-corrected chi connectivity index (χ1v) is 8.55. The zero-order valence-corrected chi connectivity index (χ0v) is 14.7. The molecule has 0 saturated carbocycles. The second kappa shape index (κ2) is 6.92. The van der Waals surface area contributed by atoms with Gasteiger partial charge in [0.1, 0.15) is 0 Å². The highest BCUT2D eigenvalue weighted by Crippen LogP contribution is 2.29. The van der Waals surface area contributed by atoms with Gasteiger partial charge in [0, 0.05) is 11.4 Å². The number of fused-ring (bicyclic) bond motifs is 1. The number of hydrogen-bond acceptors (Lipinski definition) is 1. The van der Waals surface area contributed by atoms with Gasteiger partial charge in [0.2, 0.25) is 0 Å². The quantitative estimate of drug-likeness (QED) is 0.713. The molecule has 0 atom stereocenters. The third-order valence-electron chi connectivity index (χ3n) is 4.62. The summed E-state index contributed by atoms with van der Waals surface area (Å²) >= 11 is 0. The van der Waals surface area contributed by atoms with E-state index in [-0.39, 0.29) is 0 Å². The average molecular weight is 315 g/mol. The number of rotatable bonds is 4. The fraction of sp³-hybridized carbons (Fsp3) is 0.217. The summed E-state index contributed by atoms with van der Waals surface area (Å²) in [5.74, 6) is 0. The standard InChI is InChI=1S/C23H25N/c1-5-6-20-10-11-21(14-17(20)3)16(2)13-19-8-12-23-22(15-19)9-7-18(4)24-23/h5-6,8,10-12,14-15,24H,2,4,7,9,13H2,1,3H3/b6-5-. The Labute approximate surface area is 145 Å². The van der Waals surface area contributed by atoms with E-state index < -0.39 is 0 Å². The molecule has 0 aromatic heterocycles. The zero-order valence-electron chi connectivity index (χ0n) is 14.7. The molecule has 0 saturated heterocycles. The van der Waals surface area contributed by atoms with Crippen molar-refractivity contribution >= 4 is 17.3 Å². The molecule has 1 aliphatic heterocycles. The lowest BCUT2D eigenvalue weighted by atomic mass is 9.93. The van der Waals surface area contributed by atoms with Crippen LogP contribution in [-0.4, -0.2) is 0 Å². The first-order chi connectivity index (χ1) is 11.6. The fourth-order valence-corrected chi connectivity index (χ4v) is 3.23. The highest BCUT2D eigenvalue weighted by molar-refractivity contribution is 5.69. The molecule has 2 aromatic rings. The zero-order chi connectivity index (χ0) is 17.1. The molecular weight excluding hydrogens is 290 g/mol. The van der Waals surface area contributed by atoms with Crippen LogP contribution in [0.15, 0.2) is 61.3 Å². The Balaban J connectivity index is 1.78. The molecule has 24 heavy (non-hydrogen) atoms. The average Bonchev–Trinajstić information content (AvgIpc) is 2.57. The van der Waals surface area contributed by atoms with Crippen LogP contribution in [0.3, 0.4) is 0 Å². The summed E-state index contributed by atoms with van der Waals surface area (Å²) in [5, 5.41) is 3.37. The van der Waals surface area contributed by atoms with E-state index in [1.807, 2.05) is 6.92 Å². The van der Waals surface area contributed by atoms with Crippen LogP contribution in [0.5, 0.6) is 0 Å². The van der Waals surface area contributed by atoms with Crippen LogP contribution >= 0.6 is 0 Å². The van der Waals surface area contributed by atoms with Gasteiger partial charge < -0.3 is 5.32 Å². The van der Waals surface area contributed by atoms with Crippen LogP contribution in [0.1, 0.15) is 41.2 Å². The molecule has 0 aliphatic carbocycles.